The summed E-state index contributed by atoms with van der Waals surface area (Å²) in [6.45, 7) is 2.22. The maximum atomic E-state index is 11.9. The molecule has 1 unspecified atom stereocenters. The van der Waals surface area contributed by atoms with Crippen molar-refractivity contribution in [3.8, 4) is 0 Å². The quantitative estimate of drug-likeness (QED) is 0.797. The molecule has 0 saturated heterocycles. The molecule has 0 aliphatic heterocycles. The molecule has 94 valence electrons. The van der Waals surface area contributed by atoms with Gasteiger partial charge < -0.3 is 4.98 Å². The fourth-order valence-corrected chi connectivity index (χ4v) is 2.97. The smallest absolute Gasteiger partial charge is 0.257 e. The molecule has 0 radical (unpaired) electrons. The predicted molar refractivity (Wildman–Crippen MR) is 65.0 cm³/mol. The summed E-state index contributed by atoms with van der Waals surface area (Å²) in [7, 11) is -3.43. The number of nitrogens with zero attached hydrogens (tertiary/aromatic N) is 1. The number of aryl methyl sites for hydroxylation is 1. The molecule has 1 aromatic rings. The fraction of sp³-hybridized carbons (Fsp3) is 0.545. The standard InChI is InChI=1S/C11H17N3O2S/c1-9-12-8-11(14-9)17(15,16)13-7-10-5-3-2-4-6-10/h2-3,8,10,13H,4-7H2,1H3,(H,12,14). The Hall–Kier alpha value is -1.14. The molecule has 1 aliphatic rings. The Kier molecular flexibility index (Phi) is 3.63. The minimum absolute atomic E-state index is 0.140. The summed E-state index contributed by atoms with van der Waals surface area (Å²) in [5, 5.41) is 0.140. The van der Waals surface area contributed by atoms with Gasteiger partial charge in [0.25, 0.3) is 10.0 Å². The van der Waals surface area contributed by atoms with Crippen LogP contribution in [0.4, 0.5) is 0 Å². The van der Waals surface area contributed by atoms with Gasteiger partial charge in [-0.1, -0.05) is 12.2 Å². The van der Waals surface area contributed by atoms with Crippen LogP contribution in [-0.4, -0.2) is 24.9 Å². The van der Waals surface area contributed by atoms with Gasteiger partial charge in [0, 0.05) is 6.54 Å². The van der Waals surface area contributed by atoms with Crippen LogP contribution in [0.1, 0.15) is 25.1 Å². The van der Waals surface area contributed by atoms with Gasteiger partial charge >= 0.3 is 0 Å². The largest absolute Gasteiger partial charge is 0.332 e. The van der Waals surface area contributed by atoms with Crippen molar-refractivity contribution in [1.29, 1.82) is 0 Å². The average Bonchev–Trinajstić information content (AvgIpc) is 2.76. The van der Waals surface area contributed by atoms with Crippen LogP contribution >= 0.6 is 0 Å². The molecule has 0 bridgehead atoms. The number of rotatable bonds is 4. The Morgan fingerprint density at radius 3 is 2.94 bits per heavy atom. The molecule has 2 N–H and O–H groups in total. The molecule has 1 aromatic heterocycles. The number of nitrogens with one attached hydrogen (secondary N) is 2. The first-order valence-electron chi connectivity index (χ1n) is 5.74. The van der Waals surface area contributed by atoms with Crippen LogP contribution in [0, 0.1) is 12.8 Å². The molecule has 0 fully saturated rings. The molecule has 1 aliphatic carbocycles. The number of hydrogen-bond donors (Lipinski definition) is 2. The number of H-pyrrole nitrogens is 1. The zero-order chi connectivity index (χ0) is 12.3. The molecule has 0 saturated carbocycles. The highest BCUT2D eigenvalue weighted by Gasteiger charge is 2.18. The molecule has 17 heavy (non-hydrogen) atoms. The first-order valence-corrected chi connectivity index (χ1v) is 7.22. The summed E-state index contributed by atoms with van der Waals surface area (Å²) >= 11 is 0. The summed E-state index contributed by atoms with van der Waals surface area (Å²) in [6, 6.07) is 0. The highest BCUT2D eigenvalue weighted by Crippen LogP contribution is 2.17. The normalized spacial score (nSPS) is 20.6. The Balaban J connectivity index is 1.96. The molecule has 5 nitrogen and oxygen atoms in total. The first-order chi connectivity index (χ1) is 8.08. The lowest BCUT2D eigenvalue weighted by atomic mass is 9.95. The van der Waals surface area contributed by atoms with E-state index in [2.05, 4.69) is 26.8 Å². The number of imidazole rings is 1. The van der Waals surface area contributed by atoms with Crippen molar-refractivity contribution in [3.63, 3.8) is 0 Å². The van der Waals surface area contributed by atoms with Crippen molar-refractivity contribution in [3.05, 3.63) is 24.2 Å². The van der Waals surface area contributed by atoms with Crippen LogP contribution in [-0.2, 0) is 10.0 Å². The number of sulfonamides is 1. The molecule has 1 atom stereocenters. The van der Waals surface area contributed by atoms with Crippen molar-refractivity contribution in [2.24, 2.45) is 5.92 Å². The van der Waals surface area contributed by atoms with E-state index >= 15 is 0 Å². The van der Waals surface area contributed by atoms with E-state index in [4.69, 9.17) is 0 Å². The predicted octanol–water partition coefficient (Wildman–Crippen LogP) is 1.35. The molecule has 2 rings (SSSR count). The van der Waals surface area contributed by atoms with Crippen LogP contribution < -0.4 is 4.72 Å². The minimum atomic E-state index is -3.43. The van der Waals surface area contributed by atoms with E-state index < -0.39 is 10.0 Å². The Labute approximate surface area is 101 Å². The van der Waals surface area contributed by atoms with Gasteiger partial charge in [0.05, 0.1) is 6.20 Å². The Morgan fingerprint density at radius 1 is 1.53 bits per heavy atom. The topological polar surface area (TPSA) is 74.8 Å². The lowest BCUT2D eigenvalue weighted by molar-refractivity contribution is 0.467. The molecule has 0 amide bonds. The number of allylic oxidation sites excluding steroid dienone is 2. The molecule has 6 heteroatoms. The van der Waals surface area contributed by atoms with Gasteiger partial charge in [-0.05, 0) is 32.1 Å². The van der Waals surface area contributed by atoms with Crippen LogP contribution in [0.25, 0.3) is 0 Å². The second-order valence-corrected chi connectivity index (χ2v) is 6.07. The van der Waals surface area contributed by atoms with E-state index in [1.807, 2.05) is 0 Å². The number of hydrogen-bond acceptors (Lipinski definition) is 3. The lowest BCUT2D eigenvalue weighted by Gasteiger charge is -2.17. The molecule has 1 heterocycles. The van der Waals surface area contributed by atoms with E-state index in [1.165, 1.54) is 6.20 Å². The second-order valence-electron chi connectivity index (χ2n) is 4.34. The molecule has 0 aromatic carbocycles. The number of aromatic amines is 1. The van der Waals surface area contributed by atoms with E-state index in [1.54, 1.807) is 6.92 Å². The van der Waals surface area contributed by atoms with Crippen molar-refractivity contribution < 1.29 is 8.42 Å². The SMILES string of the molecule is Cc1ncc(S(=O)(=O)NCC2CC=CCC2)[nH]1. The van der Waals surface area contributed by atoms with Gasteiger partial charge in [0.2, 0.25) is 0 Å². The van der Waals surface area contributed by atoms with Crippen LogP contribution in [0.15, 0.2) is 23.4 Å². The summed E-state index contributed by atoms with van der Waals surface area (Å²) in [5.41, 5.74) is 0. The van der Waals surface area contributed by atoms with Gasteiger partial charge in [0.15, 0.2) is 5.03 Å². The van der Waals surface area contributed by atoms with Gasteiger partial charge in [-0.3, -0.25) is 0 Å². The third-order valence-corrected chi connectivity index (χ3v) is 4.24. The third kappa shape index (κ3) is 3.17. The monoisotopic (exact) mass is 255 g/mol. The summed E-state index contributed by atoms with van der Waals surface area (Å²) in [4.78, 5) is 6.62. The summed E-state index contributed by atoms with van der Waals surface area (Å²) in [5.74, 6) is 1.00. The zero-order valence-electron chi connectivity index (χ0n) is 9.81. The van der Waals surface area contributed by atoms with Crippen molar-refractivity contribution in [2.45, 2.75) is 31.2 Å². The van der Waals surface area contributed by atoms with Crippen LogP contribution in [0.5, 0.6) is 0 Å². The summed E-state index contributed by atoms with van der Waals surface area (Å²) in [6.07, 6.45) is 8.63. The second kappa shape index (κ2) is 5.01. The van der Waals surface area contributed by atoms with Crippen molar-refractivity contribution in [1.82, 2.24) is 14.7 Å². The number of aromatic nitrogens is 2. The van der Waals surface area contributed by atoms with E-state index in [0.29, 0.717) is 18.3 Å². The Bertz CT molecular complexity index is 505. The average molecular weight is 255 g/mol. The Morgan fingerprint density at radius 2 is 2.35 bits per heavy atom. The maximum Gasteiger partial charge on any atom is 0.257 e. The molecule has 0 spiro atoms. The highest BCUT2D eigenvalue weighted by molar-refractivity contribution is 7.89. The van der Waals surface area contributed by atoms with Gasteiger partial charge in [-0.25, -0.2) is 18.1 Å². The third-order valence-electron chi connectivity index (χ3n) is 2.91. The van der Waals surface area contributed by atoms with Crippen molar-refractivity contribution >= 4 is 10.0 Å². The summed E-state index contributed by atoms with van der Waals surface area (Å²) < 4.78 is 26.4. The molecular formula is C11H17N3O2S. The highest BCUT2D eigenvalue weighted by atomic mass is 32.2. The zero-order valence-corrected chi connectivity index (χ0v) is 10.6. The first kappa shape index (κ1) is 12.3. The van der Waals surface area contributed by atoms with E-state index in [9.17, 15) is 8.42 Å². The van der Waals surface area contributed by atoms with Crippen LogP contribution in [0.3, 0.4) is 0 Å². The van der Waals surface area contributed by atoms with Gasteiger partial charge in [-0.2, -0.15) is 0 Å². The van der Waals surface area contributed by atoms with E-state index in [-0.39, 0.29) is 5.03 Å². The van der Waals surface area contributed by atoms with Crippen molar-refractivity contribution in [2.75, 3.05) is 6.54 Å². The fourth-order valence-electron chi connectivity index (χ4n) is 1.88. The molecular weight excluding hydrogens is 238 g/mol. The van der Waals surface area contributed by atoms with E-state index in [0.717, 1.165) is 19.3 Å². The minimum Gasteiger partial charge on any atom is -0.332 e. The lowest BCUT2D eigenvalue weighted by Crippen LogP contribution is -2.30. The maximum absolute atomic E-state index is 11.9. The van der Waals surface area contributed by atoms with Gasteiger partial charge in [-0.15, -0.1) is 0 Å². The van der Waals surface area contributed by atoms with Gasteiger partial charge in [0.1, 0.15) is 5.82 Å². The van der Waals surface area contributed by atoms with Crippen LogP contribution in [0.2, 0.25) is 0 Å².